The maximum absolute atomic E-state index is 13.0. The van der Waals surface area contributed by atoms with E-state index in [9.17, 15) is 81.7 Å². The Balaban J connectivity index is 0.941. The van der Waals surface area contributed by atoms with Crippen molar-refractivity contribution < 1.29 is 129 Å². The molecule has 5 saturated heterocycles. The number of hydrogen-bond acceptors (Lipinski definition) is 26. The quantitative estimate of drug-likeness (QED) is 0.0537. The van der Waals surface area contributed by atoms with Gasteiger partial charge in [-0.2, -0.15) is 0 Å². The van der Waals surface area contributed by atoms with Crippen LogP contribution in [0.4, 0.5) is 0 Å². The molecule has 0 radical (unpaired) electrons. The van der Waals surface area contributed by atoms with Gasteiger partial charge in [0, 0.05) is 0 Å². The van der Waals surface area contributed by atoms with Crippen LogP contribution in [0.1, 0.15) is 127 Å². The number of hydrogen-bond donors (Lipinski definition) is 16. The Morgan fingerprint density at radius 2 is 1.00 bits per heavy atom. The third-order valence-corrected chi connectivity index (χ3v) is 22.9. The Morgan fingerprint density at radius 3 is 1.56 bits per heavy atom. The van der Waals surface area contributed by atoms with Crippen LogP contribution in [-0.4, -0.2) is 273 Å². The molecule has 4 aliphatic carbocycles. The molecule has 5 aliphatic heterocycles. The van der Waals surface area contributed by atoms with Crippen molar-refractivity contribution in [1.29, 1.82) is 0 Å². The highest BCUT2D eigenvalue weighted by atomic mass is 16.8. The van der Waals surface area contributed by atoms with Crippen molar-refractivity contribution in [1.82, 2.24) is 0 Å². The molecular weight excluding hydrogens is 1140 g/mol. The van der Waals surface area contributed by atoms with E-state index in [1.165, 1.54) is 13.8 Å². The molecule has 0 spiro atoms. The number of ether oxygens (including phenoxy) is 10. The van der Waals surface area contributed by atoms with Gasteiger partial charge >= 0.3 is 0 Å². The molecule has 0 aromatic heterocycles. The first-order valence-electron chi connectivity index (χ1n) is 31.1. The summed E-state index contributed by atoms with van der Waals surface area (Å²) in [6.07, 6.45) is -32.6. The molecule has 5 heterocycles. The average Bonchev–Trinajstić information content (AvgIpc) is 1.22. The Bertz CT molecular complexity index is 2280. The SMILES string of the molecule is CC(C)=CCC[C@](C)(O[C@@H]1O[C@H](CO[C@@H]2O[C@@H](C)[C@H](O)[C@@H](O)[C@H]2O)[C@@H](O)[C@H](O)[C@H]1O)[C@H]1CC[C@]2(C)[C@@H]1[C@H](O)C[C@@H]1[C@]3(C)CC[C@@H](O[C@@H]4O[C@H](CO[C@@H]5O[C@@H](C)[C@H](O)[C@@H](O)[C@H]5O)[C@@H](O)[C@H](O)[C@H]4O[C@@H]4O[C@H](CO)[C@@H](O)[C@H](O)[C@H]4O)C(C)(C)[C@H]3CC[C@]12C. The van der Waals surface area contributed by atoms with Crippen molar-refractivity contribution in [3.05, 3.63) is 11.6 Å². The molecule has 9 rings (SSSR count). The zero-order valence-electron chi connectivity index (χ0n) is 51.2. The predicted octanol–water partition coefficient (Wildman–Crippen LogP) is -2.32. The highest BCUT2D eigenvalue weighted by Gasteiger charge is 2.72. The summed E-state index contributed by atoms with van der Waals surface area (Å²) < 4.78 is 61.3. The second kappa shape index (κ2) is 26.2. The third-order valence-electron chi connectivity index (χ3n) is 22.9. The van der Waals surface area contributed by atoms with Gasteiger partial charge in [-0.25, -0.2) is 0 Å². The molecule has 26 nitrogen and oxygen atoms in total. The van der Waals surface area contributed by atoms with Crippen LogP contribution in [0.15, 0.2) is 11.6 Å². The molecule has 0 unspecified atom stereocenters. The molecular formula is C60H102O26. The average molecular weight is 1240 g/mol. The summed E-state index contributed by atoms with van der Waals surface area (Å²) in [4.78, 5) is 0. The molecule has 0 amide bonds. The summed E-state index contributed by atoms with van der Waals surface area (Å²) in [6, 6.07) is 0. The van der Waals surface area contributed by atoms with Gasteiger partial charge in [-0.3, -0.25) is 0 Å². The fraction of sp³-hybridized carbons (Fsp3) is 0.967. The Kier molecular flexibility index (Phi) is 21.1. The molecule has 26 heteroatoms. The molecule has 0 bridgehead atoms. The lowest BCUT2D eigenvalue weighted by molar-refractivity contribution is -0.382. The van der Waals surface area contributed by atoms with Crippen LogP contribution in [0, 0.1) is 45.3 Å². The second-order valence-corrected chi connectivity index (χ2v) is 28.6. The topological polar surface area (TPSA) is 416 Å². The van der Waals surface area contributed by atoms with Crippen LogP contribution in [0.25, 0.3) is 0 Å². The third kappa shape index (κ3) is 12.3. The lowest BCUT2D eigenvalue weighted by atomic mass is 9.35. The smallest absolute Gasteiger partial charge is 0.187 e. The minimum atomic E-state index is -1.89. The first kappa shape index (κ1) is 69.1. The fourth-order valence-electron chi connectivity index (χ4n) is 17.5. The minimum absolute atomic E-state index is 0.00635. The monoisotopic (exact) mass is 1240 g/mol. The van der Waals surface area contributed by atoms with Crippen LogP contribution >= 0.6 is 0 Å². The highest BCUT2D eigenvalue weighted by Crippen LogP contribution is 2.76. The summed E-state index contributed by atoms with van der Waals surface area (Å²) in [5.41, 5.74) is -1.81. The Hall–Kier alpha value is -1.30. The fourth-order valence-corrected chi connectivity index (χ4v) is 17.5. The van der Waals surface area contributed by atoms with Gasteiger partial charge in [-0.05, 0) is 138 Å². The van der Waals surface area contributed by atoms with Crippen LogP contribution in [0.3, 0.4) is 0 Å². The zero-order chi connectivity index (χ0) is 63.2. The van der Waals surface area contributed by atoms with Crippen LogP contribution < -0.4 is 0 Å². The van der Waals surface area contributed by atoms with E-state index in [4.69, 9.17) is 47.4 Å². The first-order valence-corrected chi connectivity index (χ1v) is 31.1. The number of aliphatic hydroxyl groups is 16. The Labute approximate surface area is 502 Å². The van der Waals surface area contributed by atoms with E-state index < -0.39 is 202 Å². The number of fused-ring (bicyclic) bond motifs is 5. The van der Waals surface area contributed by atoms with Crippen molar-refractivity contribution in [3.8, 4) is 0 Å². The van der Waals surface area contributed by atoms with Gasteiger partial charge in [0.1, 0.15) is 110 Å². The van der Waals surface area contributed by atoms with E-state index >= 15 is 0 Å². The molecule has 9 fully saturated rings. The maximum Gasteiger partial charge on any atom is 0.187 e. The van der Waals surface area contributed by atoms with Gasteiger partial charge < -0.3 is 129 Å². The highest BCUT2D eigenvalue weighted by molar-refractivity contribution is 5.21. The summed E-state index contributed by atoms with van der Waals surface area (Å²) in [5.74, 6) is -0.615. The predicted molar refractivity (Wildman–Crippen MR) is 296 cm³/mol. The van der Waals surface area contributed by atoms with Gasteiger partial charge in [0.2, 0.25) is 0 Å². The minimum Gasteiger partial charge on any atom is -0.394 e. The van der Waals surface area contributed by atoms with Crippen molar-refractivity contribution >= 4 is 0 Å². The number of rotatable bonds is 17. The molecule has 4 saturated carbocycles. The van der Waals surface area contributed by atoms with Crippen LogP contribution in [-0.2, 0) is 47.4 Å². The summed E-state index contributed by atoms with van der Waals surface area (Å²) in [7, 11) is 0. The van der Waals surface area contributed by atoms with Crippen LogP contribution in [0.5, 0.6) is 0 Å². The summed E-state index contributed by atoms with van der Waals surface area (Å²) in [6.45, 7) is 18.3. The van der Waals surface area contributed by atoms with Gasteiger partial charge in [-0.1, -0.05) is 46.3 Å². The molecule has 86 heavy (non-hydrogen) atoms. The van der Waals surface area contributed by atoms with Crippen molar-refractivity contribution in [3.63, 3.8) is 0 Å². The van der Waals surface area contributed by atoms with E-state index in [2.05, 4.69) is 40.7 Å². The van der Waals surface area contributed by atoms with E-state index in [1.54, 1.807) is 0 Å². The number of aliphatic hydroxyl groups excluding tert-OH is 16. The maximum atomic E-state index is 13.0. The summed E-state index contributed by atoms with van der Waals surface area (Å²) >= 11 is 0. The summed E-state index contributed by atoms with van der Waals surface area (Å²) in [5, 5.41) is 176. The molecule has 498 valence electrons. The molecule has 16 N–H and O–H groups in total. The first-order chi connectivity index (χ1) is 40.2. The van der Waals surface area contributed by atoms with Gasteiger partial charge in [-0.15, -0.1) is 0 Å². The van der Waals surface area contributed by atoms with Crippen molar-refractivity contribution in [2.75, 3.05) is 19.8 Å². The van der Waals surface area contributed by atoms with Crippen LogP contribution in [0.2, 0.25) is 0 Å². The van der Waals surface area contributed by atoms with E-state index in [0.29, 0.717) is 38.5 Å². The van der Waals surface area contributed by atoms with Gasteiger partial charge in [0.05, 0.1) is 49.8 Å². The van der Waals surface area contributed by atoms with Crippen molar-refractivity contribution in [2.24, 2.45) is 45.3 Å². The lowest BCUT2D eigenvalue weighted by Crippen LogP contribution is -2.68. The van der Waals surface area contributed by atoms with Crippen molar-refractivity contribution in [2.45, 2.75) is 298 Å². The van der Waals surface area contributed by atoms with E-state index in [0.717, 1.165) is 24.8 Å². The molecule has 0 aromatic carbocycles. The molecule has 0 aromatic rings. The van der Waals surface area contributed by atoms with Gasteiger partial charge in [0.15, 0.2) is 31.5 Å². The lowest BCUT2D eigenvalue weighted by Gasteiger charge is -2.71. The molecule has 35 atom stereocenters. The van der Waals surface area contributed by atoms with E-state index in [1.807, 2.05) is 20.8 Å². The second-order valence-electron chi connectivity index (χ2n) is 28.6. The largest absolute Gasteiger partial charge is 0.394 e. The van der Waals surface area contributed by atoms with E-state index in [-0.39, 0.29) is 34.5 Å². The number of allylic oxidation sites excluding steroid dienone is 2. The standard InChI is InChI=1S/C60H102O26/c1-24(2)12-11-16-60(10,86-54-49(76)44(71)39(66)30(82-54)22-77-51-46(73)41(68)36(63)25(3)79-51)27-13-18-59(9)35(27)28(62)20-33-57(7)17-15-34(56(5,6)32(57)14-19-58(33,59)8)84-55-50(85-53-48(75)43(70)38(65)29(21-61)81-53)45(72)40(67)31(83-55)23-78-52-47(74)42(69)37(64)26(4)80-52/h12,25-55,61-76H,11,13-23H2,1-10H3/t25-,26-,27-,28+,29+,30+,31+,32+,33+,34+,35-,36-,37-,38+,39+,40+,41+,42+,43-,44-,45-,46+,47+,48+,49+,50+,51+,52+,53-,54-,55-,57+,58+,59+,60-/m0/s1. The van der Waals surface area contributed by atoms with Gasteiger partial charge in [0.25, 0.3) is 0 Å². The zero-order valence-corrected chi connectivity index (χ0v) is 51.2. The normalized spacial score (nSPS) is 53.8. The Morgan fingerprint density at radius 1 is 0.512 bits per heavy atom. The molecule has 9 aliphatic rings.